The molecule has 0 radical (unpaired) electrons. The van der Waals surface area contributed by atoms with E-state index in [1.165, 1.54) is 25.3 Å². The van der Waals surface area contributed by atoms with E-state index in [0.717, 1.165) is 11.3 Å². The lowest BCUT2D eigenvalue weighted by atomic mass is 10.3. The number of nitrogens with one attached hydrogen (secondary N) is 1. The zero-order chi connectivity index (χ0) is 14.7. The van der Waals surface area contributed by atoms with Gasteiger partial charge >= 0.3 is 16.6 Å². The van der Waals surface area contributed by atoms with Crippen molar-refractivity contribution in [3.8, 4) is 0 Å². The summed E-state index contributed by atoms with van der Waals surface area (Å²) < 4.78 is 4.24. The van der Waals surface area contributed by atoms with Gasteiger partial charge in [0.1, 0.15) is 0 Å². The molecular weight excluding hydrogens is 290 g/mol. The number of rotatable bonds is 4. The first kappa shape index (κ1) is 13.6. The summed E-state index contributed by atoms with van der Waals surface area (Å²) in [4.78, 5) is 22.1. The predicted molar refractivity (Wildman–Crippen MR) is 66.2 cm³/mol. The Morgan fingerprint density at radius 1 is 1.65 bits per heavy atom. The Bertz CT molecular complexity index is 691. The number of thiophene rings is 1. The first-order chi connectivity index (χ1) is 9.49. The predicted octanol–water partition coefficient (Wildman–Crippen LogP) is 0.350. The molecule has 20 heavy (non-hydrogen) atoms. The lowest BCUT2D eigenvalue weighted by Gasteiger charge is -1.91. The van der Waals surface area contributed by atoms with Crippen LogP contribution < -0.4 is 10.3 Å². The van der Waals surface area contributed by atoms with Gasteiger partial charge in [0.25, 0.3) is 0 Å². The Kier molecular flexibility index (Phi) is 3.70. The second-order valence-corrected chi connectivity index (χ2v) is 4.59. The van der Waals surface area contributed by atoms with E-state index < -0.39 is 10.8 Å². The molecule has 104 valence electrons. The van der Waals surface area contributed by atoms with Crippen LogP contribution in [0.4, 0.5) is 5.00 Å². The van der Waals surface area contributed by atoms with E-state index in [1.54, 1.807) is 0 Å². The molecule has 0 bridgehead atoms. The van der Waals surface area contributed by atoms with Crippen molar-refractivity contribution in [2.75, 3.05) is 0 Å². The van der Waals surface area contributed by atoms with E-state index in [-0.39, 0.29) is 21.3 Å². The summed E-state index contributed by atoms with van der Waals surface area (Å²) >= 11 is 0.908. The van der Waals surface area contributed by atoms with Crippen LogP contribution >= 0.6 is 11.3 Å². The normalized spacial score (nSPS) is 10.8. The maximum absolute atomic E-state index is 11.6. The van der Waals surface area contributed by atoms with Gasteiger partial charge in [0.05, 0.1) is 21.2 Å². The maximum atomic E-state index is 11.6. The van der Waals surface area contributed by atoms with Crippen molar-refractivity contribution in [1.29, 1.82) is 0 Å². The van der Waals surface area contributed by atoms with Gasteiger partial charge in [-0.25, -0.2) is 5.43 Å². The molecule has 0 saturated heterocycles. The van der Waals surface area contributed by atoms with Crippen molar-refractivity contribution in [2.24, 2.45) is 5.10 Å². The lowest BCUT2D eigenvalue weighted by molar-refractivity contribution is -0.806. The highest BCUT2D eigenvalue weighted by atomic mass is 32.1. The zero-order valence-corrected chi connectivity index (χ0v) is 10.8. The molecule has 0 spiro atoms. The lowest BCUT2D eigenvalue weighted by Crippen LogP contribution is -2.28. The number of aromatic nitrogens is 2. The fraction of sp³-hybridized carbons (Fsp3) is 0.111. The van der Waals surface area contributed by atoms with Crippen LogP contribution in [0.5, 0.6) is 0 Å². The topological polar surface area (TPSA) is 138 Å². The third-order valence-corrected chi connectivity index (χ3v) is 3.16. The minimum absolute atomic E-state index is 0.00413. The molecule has 10 nitrogen and oxygen atoms in total. The van der Waals surface area contributed by atoms with Gasteiger partial charge in [0.15, 0.2) is 0 Å². The van der Waals surface area contributed by atoms with Crippen LogP contribution in [-0.4, -0.2) is 22.2 Å². The smallest absolute Gasteiger partial charge is 0.324 e. The van der Waals surface area contributed by atoms with Crippen molar-refractivity contribution in [3.63, 3.8) is 0 Å². The number of hydrogen-bond donors (Lipinski definition) is 1. The molecule has 0 atom stereocenters. The molecule has 2 aromatic heterocycles. The number of hydrazone groups is 1. The summed E-state index contributed by atoms with van der Waals surface area (Å²) in [5, 5.41) is 28.2. The van der Waals surface area contributed by atoms with Gasteiger partial charge in [0.2, 0.25) is 5.69 Å². The molecule has 0 aliphatic carbocycles. The van der Waals surface area contributed by atoms with E-state index in [4.69, 9.17) is 0 Å². The van der Waals surface area contributed by atoms with E-state index in [1.807, 2.05) is 0 Å². The van der Waals surface area contributed by atoms with Crippen LogP contribution in [0.3, 0.4) is 0 Å². The van der Waals surface area contributed by atoms with Crippen molar-refractivity contribution >= 4 is 28.5 Å². The van der Waals surface area contributed by atoms with Crippen LogP contribution in [0.25, 0.3) is 0 Å². The molecule has 1 amide bonds. The first-order valence-electron chi connectivity index (χ1n) is 5.13. The summed E-state index contributed by atoms with van der Waals surface area (Å²) in [6.45, 7) is 1.37. The van der Waals surface area contributed by atoms with Gasteiger partial charge in [-0.2, -0.15) is 5.10 Å². The van der Waals surface area contributed by atoms with E-state index in [2.05, 4.69) is 20.3 Å². The maximum Gasteiger partial charge on any atom is 0.324 e. The van der Waals surface area contributed by atoms with Gasteiger partial charge in [0, 0.05) is 13.0 Å². The van der Waals surface area contributed by atoms with Crippen LogP contribution in [0.1, 0.15) is 21.1 Å². The minimum Gasteiger partial charge on any atom is -0.359 e. The average molecular weight is 297 g/mol. The molecule has 1 N–H and O–H groups in total. The van der Waals surface area contributed by atoms with E-state index in [9.17, 15) is 20.1 Å². The largest absolute Gasteiger partial charge is 0.359 e. The number of carbonyl (C=O) groups is 1. The van der Waals surface area contributed by atoms with E-state index >= 15 is 0 Å². The van der Waals surface area contributed by atoms with Crippen LogP contribution in [0.15, 0.2) is 21.9 Å². The molecule has 0 aliphatic heterocycles. The standard InChI is InChI=1S/C9H7N5O5S/c1-5-8(12-19-14(5)18)9(15)11-10-4-6-2-3-7(20-6)13(16)17/h2-4H,1H3,(H,11,15)/b10-4+. The first-order valence-corrected chi connectivity index (χ1v) is 5.94. The quantitative estimate of drug-likeness (QED) is 0.374. The Labute approximate surface area is 115 Å². The number of nitro groups is 1. The fourth-order valence-electron chi connectivity index (χ4n) is 1.21. The molecular formula is C9H7N5O5S. The van der Waals surface area contributed by atoms with Gasteiger partial charge in [-0.05, 0) is 11.0 Å². The molecule has 0 aromatic carbocycles. The second-order valence-electron chi connectivity index (χ2n) is 3.50. The summed E-state index contributed by atoms with van der Waals surface area (Å²) in [6, 6.07) is 2.82. The molecule has 0 saturated carbocycles. The molecule has 2 heterocycles. The van der Waals surface area contributed by atoms with Gasteiger partial charge < -0.3 is 5.21 Å². The monoisotopic (exact) mass is 297 g/mol. The molecule has 0 fully saturated rings. The van der Waals surface area contributed by atoms with Gasteiger partial charge in [-0.3, -0.25) is 19.5 Å². The SMILES string of the molecule is Cc1c(C(=O)N/N=C/c2ccc([N+](=O)[O-])s2)no[n+]1[O-]. The molecule has 2 aromatic rings. The zero-order valence-electron chi connectivity index (χ0n) is 9.97. The van der Waals surface area contributed by atoms with E-state index in [0.29, 0.717) is 4.88 Å². The van der Waals surface area contributed by atoms with Crippen LogP contribution in [0.2, 0.25) is 0 Å². The fourth-order valence-corrected chi connectivity index (χ4v) is 1.91. The second kappa shape index (κ2) is 5.44. The number of amides is 1. The van der Waals surface area contributed by atoms with Crippen molar-refractivity contribution in [1.82, 2.24) is 10.6 Å². The summed E-state index contributed by atoms with van der Waals surface area (Å²) in [6.07, 6.45) is 1.25. The average Bonchev–Trinajstić information content (AvgIpc) is 2.98. The van der Waals surface area contributed by atoms with Gasteiger partial charge in [-0.1, -0.05) is 11.3 Å². The number of nitrogens with zero attached hydrogens (tertiary/aromatic N) is 4. The molecule has 0 aliphatic rings. The third-order valence-electron chi connectivity index (χ3n) is 2.19. The summed E-state index contributed by atoms with van der Waals surface area (Å²) in [5.74, 6) is -0.719. The Morgan fingerprint density at radius 3 is 2.95 bits per heavy atom. The number of carbonyl (C=O) groups excluding carboxylic acids is 1. The summed E-state index contributed by atoms with van der Waals surface area (Å²) in [7, 11) is 0. The molecule has 11 heteroatoms. The highest BCUT2D eigenvalue weighted by molar-refractivity contribution is 7.16. The molecule has 2 rings (SSSR count). The Hall–Kier alpha value is -2.82. The minimum atomic E-state index is -0.719. The highest BCUT2D eigenvalue weighted by Gasteiger charge is 2.22. The van der Waals surface area contributed by atoms with Gasteiger partial charge in [-0.15, -0.1) is 0 Å². The molecule has 0 unspecified atom stereocenters. The Morgan fingerprint density at radius 2 is 2.40 bits per heavy atom. The highest BCUT2D eigenvalue weighted by Crippen LogP contribution is 2.22. The van der Waals surface area contributed by atoms with Crippen LogP contribution in [-0.2, 0) is 0 Å². The van der Waals surface area contributed by atoms with Crippen molar-refractivity contribution in [2.45, 2.75) is 6.92 Å². The summed E-state index contributed by atoms with van der Waals surface area (Å²) in [5.41, 5.74) is 1.95. The van der Waals surface area contributed by atoms with Crippen LogP contribution in [0, 0.1) is 22.2 Å². The van der Waals surface area contributed by atoms with Crippen molar-refractivity contribution in [3.05, 3.63) is 43.7 Å². The van der Waals surface area contributed by atoms with Crippen molar-refractivity contribution < 1.29 is 19.2 Å². The Balaban J connectivity index is 2.00. The third kappa shape index (κ3) is 2.77. The number of hydrogen-bond acceptors (Lipinski definition) is 8.